The summed E-state index contributed by atoms with van der Waals surface area (Å²) in [5.74, 6) is 0. The van der Waals surface area contributed by atoms with Crippen LogP contribution in [0.4, 0.5) is 0 Å². The molecule has 2 heteroatoms. The van der Waals surface area contributed by atoms with E-state index in [2.05, 4.69) is 50.2 Å². The molecular formula is C13H15NS. The number of benzene rings is 1. The molecule has 0 amide bonds. The quantitative estimate of drug-likeness (QED) is 0.672. The van der Waals surface area contributed by atoms with E-state index in [9.17, 15) is 0 Å². The highest BCUT2D eigenvalue weighted by Gasteiger charge is 2.06. The Kier molecular flexibility index (Phi) is 2.70. The maximum Gasteiger partial charge on any atom is 0.0843 e. The second kappa shape index (κ2) is 3.86. The Morgan fingerprint density at radius 2 is 1.80 bits per heavy atom. The van der Waals surface area contributed by atoms with Crippen molar-refractivity contribution < 1.29 is 0 Å². The van der Waals surface area contributed by atoms with E-state index < -0.39 is 0 Å². The number of thioether (sulfide) groups is 1. The van der Waals surface area contributed by atoms with E-state index in [4.69, 9.17) is 0 Å². The number of fused-ring (bicyclic) bond motifs is 1. The molecule has 78 valence electrons. The van der Waals surface area contributed by atoms with Gasteiger partial charge in [0.15, 0.2) is 0 Å². The maximum absolute atomic E-state index is 4.63. The zero-order valence-electron chi connectivity index (χ0n) is 9.59. The Bertz CT molecular complexity index is 517. The monoisotopic (exact) mass is 217 g/mol. The van der Waals surface area contributed by atoms with Crippen LogP contribution in [0.15, 0.2) is 23.1 Å². The minimum Gasteiger partial charge on any atom is -0.252 e. The summed E-state index contributed by atoms with van der Waals surface area (Å²) in [7, 11) is 0. The smallest absolute Gasteiger partial charge is 0.0843 e. The Morgan fingerprint density at radius 1 is 1.07 bits per heavy atom. The molecular weight excluding hydrogens is 202 g/mol. The Hall–Kier alpha value is -1.02. The third kappa shape index (κ3) is 1.86. The number of hydrogen-bond acceptors (Lipinski definition) is 2. The van der Waals surface area contributed by atoms with Crippen molar-refractivity contribution in [2.75, 3.05) is 6.26 Å². The molecule has 1 aromatic carbocycles. The van der Waals surface area contributed by atoms with Gasteiger partial charge in [0.1, 0.15) is 0 Å². The molecule has 0 saturated carbocycles. The van der Waals surface area contributed by atoms with Crippen molar-refractivity contribution in [1.29, 1.82) is 0 Å². The van der Waals surface area contributed by atoms with Crippen LogP contribution in [0.3, 0.4) is 0 Å². The summed E-state index contributed by atoms with van der Waals surface area (Å²) in [5.41, 5.74) is 4.86. The van der Waals surface area contributed by atoms with Crippen LogP contribution in [0.2, 0.25) is 0 Å². The Balaban J connectivity index is 2.89. The summed E-state index contributed by atoms with van der Waals surface area (Å²) in [6.45, 7) is 6.34. The van der Waals surface area contributed by atoms with Crippen molar-refractivity contribution in [3.05, 3.63) is 35.0 Å². The highest BCUT2D eigenvalue weighted by atomic mass is 32.2. The predicted molar refractivity (Wildman–Crippen MR) is 67.7 cm³/mol. The largest absolute Gasteiger partial charge is 0.252 e. The van der Waals surface area contributed by atoms with Gasteiger partial charge in [-0.05, 0) is 56.4 Å². The topological polar surface area (TPSA) is 12.9 Å². The fourth-order valence-electron chi connectivity index (χ4n) is 1.92. The average molecular weight is 217 g/mol. The molecule has 1 aromatic heterocycles. The summed E-state index contributed by atoms with van der Waals surface area (Å²) < 4.78 is 0. The van der Waals surface area contributed by atoms with Crippen LogP contribution in [-0.4, -0.2) is 11.2 Å². The van der Waals surface area contributed by atoms with Crippen molar-refractivity contribution in [2.24, 2.45) is 0 Å². The molecule has 0 fully saturated rings. The lowest BCUT2D eigenvalue weighted by molar-refractivity contribution is 1.20. The summed E-state index contributed by atoms with van der Waals surface area (Å²) in [5, 5.41) is 1.28. The molecule has 2 rings (SSSR count). The summed E-state index contributed by atoms with van der Waals surface area (Å²) >= 11 is 1.77. The van der Waals surface area contributed by atoms with E-state index in [0.29, 0.717) is 0 Å². The minimum absolute atomic E-state index is 1.10. The first-order chi connectivity index (χ1) is 7.11. The molecule has 1 nitrogen and oxygen atoms in total. The molecule has 2 aromatic rings. The first kappa shape index (κ1) is 10.5. The van der Waals surface area contributed by atoms with Crippen molar-refractivity contribution in [3.63, 3.8) is 0 Å². The van der Waals surface area contributed by atoms with Crippen LogP contribution in [0.5, 0.6) is 0 Å². The van der Waals surface area contributed by atoms with Gasteiger partial charge in [0.2, 0.25) is 0 Å². The summed E-state index contributed by atoms with van der Waals surface area (Å²) in [6, 6.07) is 6.57. The lowest BCUT2D eigenvalue weighted by atomic mass is 10.1. The van der Waals surface area contributed by atoms with E-state index in [1.54, 1.807) is 11.8 Å². The molecule has 0 atom stereocenters. The van der Waals surface area contributed by atoms with E-state index in [1.165, 1.54) is 21.4 Å². The van der Waals surface area contributed by atoms with Gasteiger partial charge in [-0.2, -0.15) is 0 Å². The van der Waals surface area contributed by atoms with Crippen molar-refractivity contribution >= 4 is 22.7 Å². The SMILES string of the molecule is CSc1cc(C)cc2c(C)cc(C)nc12. The molecule has 0 N–H and O–H groups in total. The molecule has 1 heterocycles. The third-order valence-electron chi connectivity index (χ3n) is 2.58. The highest BCUT2D eigenvalue weighted by molar-refractivity contribution is 7.98. The van der Waals surface area contributed by atoms with Crippen LogP contribution < -0.4 is 0 Å². The molecule has 0 radical (unpaired) electrons. The highest BCUT2D eigenvalue weighted by Crippen LogP contribution is 2.28. The summed E-state index contributed by atoms with van der Waals surface area (Å²) in [4.78, 5) is 5.90. The van der Waals surface area contributed by atoms with Crippen LogP contribution in [0, 0.1) is 20.8 Å². The van der Waals surface area contributed by atoms with E-state index in [-0.39, 0.29) is 0 Å². The fourth-order valence-corrected chi connectivity index (χ4v) is 2.57. The molecule has 0 aliphatic rings. The van der Waals surface area contributed by atoms with E-state index in [0.717, 1.165) is 11.2 Å². The van der Waals surface area contributed by atoms with E-state index in [1.807, 2.05) is 0 Å². The standard InChI is InChI=1S/C13H15NS/c1-8-5-11-9(2)7-10(3)14-13(11)12(6-8)15-4/h5-7H,1-4H3. The number of hydrogen-bond donors (Lipinski definition) is 0. The first-order valence-electron chi connectivity index (χ1n) is 5.04. The zero-order valence-corrected chi connectivity index (χ0v) is 10.4. The van der Waals surface area contributed by atoms with Gasteiger partial charge in [0, 0.05) is 16.0 Å². The van der Waals surface area contributed by atoms with Gasteiger partial charge >= 0.3 is 0 Å². The maximum atomic E-state index is 4.63. The van der Waals surface area contributed by atoms with Crippen LogP contribution in [0.25, 0.3) is 10.9 Å². The van der Waals surface area contributed by atoms with Gasteiger partial charge < -0.3 is 0 Å². The second-order valence-corrected chi connectivity index (χ2v) is 4.79. The normalized spacial score (nSPS) is 10.9. The number of aryl methyl sites for hydroxylation is 3. The van der Waals surface area contributed by atoms with Gasteiger partial charge in [-0.3, -0.25) is 4.98 Å². The second-order valence-electron chi connectivity index (χ2n) is 3.94. The molecule has 0 aliphatic heterocycles. The Labute approximate surface area is 94.9 Å². The number of rotatable bonds is 1. The van der Waals surface area contributed by atoms with Gasteiger partial charge in [-0.25, -0.2) is 0 Å². The lowest BCUT2D eigenvalue weighted by Gasteiger charge is -2.08. The van der Waals surface area contributed by atoms with Gasteiger partial charge in [0.05, 0.1) is 5.52 Å². The molecule has 0 bridgehead atoms. The van der Waals surface area contributed by atoms with E-state index >= 15 is 0 Å². The van der Waals surface area contributed by atoms with Crippen molar-refractivity contribution in [3.8, 4) is 0 Å². The molecule has 0 unspecified atom stereocenters. The molecule has 0 spiro atoms. The van der Waals surface area contributed by atoms with Crippen molar-refractivity contribution in [1.82, 2.24) is 4.98 Å². The van der Waals surface area contributed by atoms with Crippen LogP contribution in [0.1, 0.15) is 16.8 Å². The van der Waals surface area contributed by atoms with Gasteiger partial charge in [-0.1, -0.05) is 0 Å². The average Bonchev–Trinajstić information content (AvgIpc) is 2.18. The predicted octanol–water partition coefficient (Wildman–Crippen LogP) is 3.88. The van der Waals surface area contributed by atoms with Gasteiger partial charge in [-0.15, -0.1) is 11.8 Å². The number of nitrogens with zero attached hydrogens (tertiary/aromatic N) is 1. The molecule has 0 aliphatic carbocycles. The number of aromatic nitrogens is 1. The zero-order chi connectivity index (χ0) is 11.0. The molecule has 15 heavy (non-hydrogen) atoms. The van der Waals surface area contributed by atoms with Gasteiger partial charge in [0.25, 0.3) is 0 Å². The first-order valence-corrected chi connectivity index (χ1v) is 6.27. The van der Waals surface area contributed by atoms with Crippen LogP contribution >= 0.6 is 11.8 Å². The fraction of sp³-hybridized carbons (Fsp3) is 0.308. The lowest BCUT2D eigenvalue weighted by Crippen LogP contribution is -1.90. The van der Waals surface area contributed by atoms with Crippen LogP contribution in [-0.2, 0) is 0 Å². The summed E-state index contributed by atoms with van der Waals surface area (Å²) in [6.07, 6.45) is 2.10. The third-order valence-corrected chi connectivity index (χ3v) is 3.33. The van der Waals surface area contributed by atoms with Crippen molar-refractivity contribution in [2.45, 2.75) is 25.7 Å². The minimum atomic E-state index is 1.10. The number of pyridine rings is 1. The Morgan fingerprint density at radius 3 is 2.47 bits per heavy atom. The molecule has 0 saturated heterocycles.